The predicted molar refractivity (Wildman–Crippen MR) is 75.5 cm³/mol. The number of hydrogen-bond donors (Lipinski definition) is 0. The number of esters is 1. The molecule has 0 aliphatic carbocycles. The van der Waals surface area contributed by atoms with E-state index in [-0.39, 0.29) is 12.1 Å². The molecule has 0 spiro atoms. The summed E-state index contributed by atoms with van der Waals surface area (Å²) in [7, 11) is 0. The zero-order chi connectivity index (χ0) is 13.9. The van der Waals surface area contributed by atoms with Gasteiger partial charge in [-0.15, -0.1) is 0 Å². The minimum Gasteiger partial charge on any atom is -0.460 e. The van der Waals surface area contributed by atoms with Gasteiger partial charge in [0.15, 0.2) is 11.0 Å². The molecule has 0 fully saturated rings. The molecule has 20 heavy (non-hydrogen) atoms. The van der Waals surface area contributed by atoms with Crippen molar-refractivity contribution in [1.29, 1.82) is 0 Å². The third kappa shape index (κ3) is 3.01. The Kier molecular flexibility index (Phi) is 3.73. The smallest absolute Gasteiger partial charge is 0.302 e. The highest BCUT2D eigenvalue weighted by Crippen LogP contribution is 2.24. The lowest BCUT2D eigenvalue weighted by atomic mass is 10.1. The molecule has 3 rings (SSSR count). The molecule has 0 amide bonds. The van der Waals surface area contributed by atoms with Crippen molar-refractivity contribution < 1.29 is 9.53 Å². The van der Waals surface area contributed by atoms with Gasteiger partial charge in [0.2, 0.25) is 0 Å². The molecule has 0 bridgehead atoms. The largest absolute Gasteiger partial charge is 0.460 e. The van der Waals surface area contributed by atoms with Crippen LogP contribution in [0.3, 0.4) is 0 Å². The summed E-state index contributed by atoms with van der Waals surface area (Å²) in [5.41, 5.74) is 1.19. The summed E-state index contributed by atoms with van der Waals surface area (Å²) in [4.78, 5) is 15.5. The van der Waals surface area contributed by atoms with Crippen LogP contribution in [0.2, 0.25) is 0 Å². The first-order chi connectivity index (χ1) is 9.70. The van der Waals surface area contributed by atoms with E-state index < -0.39 is 0 Å². The molecule has 0 radical (unpaired) electrons. The van der Waals surface area contributed by atoms with E-state index in [1.807, 2.05) is 22.9 Å². The Labute approximate surface area is 121 Å². The number of carbonyl (C=O) groups is 1. The van der Waals surface area contributed by atoms with E-state index in [4.69, 9.17) is 4.74 Å². The van der Waals surface area contributed by atoms with Gasteiger partial charge >= 0.3 is 5.97 Å². The Morgan fingerprint density at radius 1 is 1.45 bits per heavy atom. The van der Waals surface area contributed by atoms with Crippen LogP contribution in [0.25, 0.3) is 0 Å². The van der Waals surface area contributed by atoms with Gasteiger partial charge in [0.25, 0.3) is 0 Å². The second-order valence-corrected chi connectivity index (χ2v) is 5.68. The highest BCUT2D eigenvalue weighted by Gasteiger charge is 2.24. The van der Waals surface area contributed by atoms with E-state index in [1.54, 1.807) is 11.8 Å². The van der Waals surface area contributed by atoms with E-state index in [9.17, 15) is 4.79 Å². The SMILES string of the molecule is CC(=O)OC1CSc2nc(Cc3ccccc3)nn2C1. The van der Waals surface area contributed by atoms with Crippen molar-refractivity contribution in [2.24, 2.45) is 0 Å². The van der Waals surface area contributed by atoms with Gasteiger partial charge in [-0.25, -0.2) is 9.67 Å². The molecule has 1 unspecified atom stereocenters. The molecule has 1 atom stereocenters. The fraction of sp³-hybridized carbons (Fsp3) is 0.357. The van der Waals surface area contributed by atoms with Crippen molar-refractivity contribution in [1.82, 2.24) is 14.8 Å². The lowest BCUT2D eigenvalue weighted by molar-refractivity contribution is -0.146. The molecule has 1 aliphatic rings. The van der Waals surface area contributed by atoms with Crippen LogP contribution in [-0.4, -0.2) is 32.6 Å². The fourth-order valence-corrected chi connectivity index (χ4v) is 3.11. The minimum absolute atomic E-state index is 0.115. The standard InChI is InChI=1S/C14H15N3O2S/c1-10(18)19-12-8-17-14(20-9-12)15-13(16-17)7-11-5-3-2-4-6-11/h2-6,12H,7-9H2,1H3. The molecule has 1 aliphatic heterocycles. The third-order valence-corrected chi connectivity index (χ3v) is 4.09. The average Bonchev–Trinajstić information content (AvgIpc) is 2.80. The Bertz CT molecular complexity index is 612. The van der Waals surface area contributed by atoms with Crippen LogP contribution in [0.4, 0.5) is 0 Å². The van der Waals surface area contributed by atoms with E-state index >= 15 is 0 Å². The number of fused-ring (bicyclic) bond motifs is 1. The molecule has 0 saturated carbocycles. The lowest BCUT2D eigenvalue weighted by Crippen LogP contribution is -2.29. The number of hydrogen-bond acceptors (Lipinski definition) is 5. The maximum Gasteiger partial charge on any atom is 0.302 e. The van der Waals surface area contributed by atoms with E-state index in [1.165, 1.54) is 12.5 Å². The van der Waals surface area contributed by atoms with Crippen molar-refractivity contribution >= 4 is 17.7 Å². The molecule has 6 heteroatoms. The molecule has 2 heterocycles. The minimum atomic E-state index is -0.247. The van der Waals surface area contributed by atoms with Crippen LogP contribution in [0, 0.1) is 0 Å². The molecule has 0 N–H and O–H groups in total. The molecule has 1 aromatic carbocycles. The number of thioether (sulfide) groups is 1. The molecule has 2 aromatic rings. The van der Waals surface area contributed by atoms with Gasteiger partial charge in [-0.1, -0.05) is 42.1 Å². The van der Waals surface area contributed by atoms with Gasteiger partial charge in [-0.05, 0) is 5.56 Å². The number of ether oxygens (including phenoxy) is 1. The van der Waals surface area contributed by atoms with Crippen molar-refractivity contribution in [2.75, 3.05) is 5.75 Å². The predicted octanol–water partition coefficient (Wildman–Crippen LogP) is 1.91. The van der Waals surface area contributed by atoms with Crippen LogP contribution in [-0.2, 0) is 22.5 Å². The quantitative estimate of drug-likeness (QED) is 0.808. The van der Waals surface area contributed by atoms with Crippen LogP contribution >= 0.6 is 11.8 Å². The van der Waals surface area contributed by atoms with Gasteiger partial charge in [0, 0.05) is 19.1 Å². The summed E-state index contributed by atoms with van der Waals surface area (Å²) in [6.45, 7) is 2.02. The Balaban J connectivity index is 1.72. The van der Waals surface area contributed by atoms with Crippen molar-refractivity contribution in [2.45, 2.75) is 31.1 Å². The molecule has 0 saturated heterocycles. The Hall–Kier alpha value is -1.82. The number of benzene rings is 1. The first-order valence-corrected chi connectivity index (χ1v) is 7.47. The summed E-state index contributed by atoms with van der Waals surface area (Å²) in [6.07, 6.45) is 0.607. The second-order valence-electron chi connectivity index (χ2n) is 4.70. The van der Waals surface area contributed by atoms with Crippen LogP contribution in [0.15, 0.2) is 35.5 Å². The second kappa shape index (κ2) is 5.66. The summed E-state index contributed by atoms with van der Waals surface area (Å²) >= 11 is 1.58. The average molecular weight is 289 g/mol. The summed E-state index contributed by atoms with van der Waals surface area (Å²) < 4.78 is 7.06. The van der Waals surface area contributed by atoms with Crippen molar-refractivity contribution in [3.8, 4) is 0 Å². The highest BCUT2D eigenvalue weighted by atomic mass is 32.2. The Morgan fingerprint density at radius 2 is 2.25 bits per heavy atom. The van der Waals surface area contributed by atoms with Crippen molar-refractivity contribution in [3.05, 3.63) is 41.7 Å². The van der Waals surface area contributed by atoms with Gasteiger partial charge in [0.05, 0.1) is 6.54 Å². The number of carbonyl (C=O) groups excluding carboxylic acids is 1. The highest BCUT2D eigenvalue weighted by molar-refractivity contribution is 7.99. The Morgan fingerprint density at radius 3 is 3.00 bits per heavy atom. The maximum absolute atomic E-state index is 11.0. The van der Waals surface area contributed by atoms with E-state index in [2.05, 4.69) is 22.2 Å². The zero-order valence-electron chi connectivity index (χ0n) is 11.2. The van der Waals surface area contributed by atoms with E-state index in [0.717, 1.165) is 23.2 Å². The number of nitrogens with zero attached hydrogens (tertiary/aromatic N) is 3. The van der Waals surface area contributed by atoms with Gasteiger partial charge in [-0.3, -0.25) is 4.79 Å². The lowest BCUT2D eigenvalue weighted by Gasteiger charge is -2.21. The molecule has 1 aromatic heterocycles. The molecule has 104 valence electrons. The van der Waals surface area contributed by atoms with Gasteiger partial charge in [0.1, 0.15) is 6.10 Å². The monoisotopic (exact) mass is 289 g/mol. The summed E-state index contributed by atoms with van der Waals surface area (Å²) in [5, 5.41) is 5.40. The number of rotatable bonds is 3. The van der Waals surface area contributed by atoms with Gasteiger partial charge < -0.3 is 4.74 Å². The maximum atomic E-state index is 11.0. The summed E-state index contributed by atoms with van der Waals surface area (Å²) in [6, 6.07) is 10.1. The molecular formula is C14H15N3O2S. The zero-order valence-corrected chi connectivity index (χ0v) is 12.0. The normalized spacial score (nSPS) is 17.6. The topological polar surface area (TPSA) is 57.0 Å². The molecule has 5 nitrogen and oxygen atoms in total. The first kappa shape index (κ1) is 13.2. The summed E-state index contributed by atoms with van der Waals surface area (Å²) in [5.74, 6) is 1.30. The van der Waals surface area contributed by atoms with E-state index in [0.29, 0.717) is 6.54 Å². The van der Waals surface area contributed by atoms with Gasteiger partial charge in [-0.2, -0.15) is 5.10 Å². The number of aromatic nitrogens is 3. The third-order valence-electron chi connectivity index (χ3n) is 2.99. The van der Waals surface area contributed by atoms with Crippen LogP contribution in [0.1, 0.15) is 18.3 Å². The van der Waals surface area contributed by atoms with Crippen LogP contribution in [0.5, 0.6) is 0 Å². The fourth-order valence-electron chi connectivity index (χ4n) is 2.17. The molecular weight excluding hydrogens is 274 g/mol. The van der Waals surface area contributed by atoms with Crippen LogP contribution < -0.4 is 0 Å². The van der Waals surface area contributed by atoms with Crippen molar-refractivity contribution in [3.63, 3.8) is 0 Å². The first-order valence-electron chi connectivity index (χ1n) is 6.48.